The van der Waals surface area contributed by atoms with E-state index in [9.17, 15) is 0 Å². The highest BCUT2D eigenvalue weighted by Gasteiger charge is 2.32. The molecule has 21 heavy (non-hydrogen) atoms. The fourth-order valence-electron chi connectivity index (χ4n) is 3.70. The Morgan fingerprint density at radius 2 is 1.67 bits per heavy atom. The number of nitrogens with zero attached hydrogens (tertiary/aromatic N) is 1. The molecule has 1 heterocycles. The lowest BCUT2D eigenvalue weighted by atomic mass is 9.89. The van der Waals surface area contributed by atoms with Crippen molar-refractivity contribution >= 4 is 36.4 Å². The fourth-order valence-corrected chi connectivity index (χ4v) is 3.94. The molecule has 1 N–H and O–H groups in total. The molecular weight excluding hydrogens is 327 g/mol. The highest BCUT2D eigenvalue weighted by atomic mass is 35.5. The molecule has 1 saturated carbocycles. The Balaban J connectivity index is 0.00000110. The van der Waals surface area contributed by atoms with E-state index >= 15 is 0 Å². The van der Waals surface area contributed by atoms with Gasteiger partial charge in [0.2, 0.25) is 0 Å². The topological polar surface area (TPSA) is 15.3 Å². The van der Waals surface area contributed by atoms with Gasteiger partial charge in [-0.05, 0) is 30.4 Å². The van der Waals surface area contributed by atoms with E-state index in [2.05, 4.69) is 22.3 Å². The molecule has 120 valence electrons. The molecule has 2 fully saturated rings. The van der Waals surface area contributed by atoms with Crippen LogP contribution in [-0.2, 0) is 0 Å². The molecule has 2 nitrogen and oxygen atoms in total. The van der Waals surface area contributed by atoms with Gasteiger partial charge in [0.1, 0.15) is 0 Å². The van der Waals surface area contributed by atoms with Gasteiger partial charge in [0, 0.05) is 37.2 Å². The van der Waals surface area contributed by atoms with Gasteiger partial charge in [0.05, 0.1) is 0 Å². The van der Waals surface area contributed by atoms with Gasteiger partial charge in [-0.3, -0.25) is 4.90 Å². The number of nitrogens with one attached hydrogen (secondary N) is 1. The van der Waals surface area contributed by atoms with E-state index in [4.69, 9.17) is 11.6 Å². The molecule has 1 atom stereocenters. The van der Waals surface area contributed by atoms with Gasteiger partial charge in [0.25, 0.3) is 0 Å². The minimum absolute atomic E-state index is 0. The Bertz CT molecular complexity index is 416. The minimum atomic E-state index is 0. The van der Waals surface area contributed by atoms with Crippen molar-refractivity contribution in [3.8, 4) is 0 Å². The monoisotopic (exact) mass is 350 g/mol. The van der Waals surface area contributed by atoms with Crippen LogP contribution >= 0.6 is 36.4 Å². The maximum Gasteiger partial charge on any atom is 0.0453 e. The number of hydrogen-bond acceptors (Lipinski definition) is 2. The SMILES string of the molecule is Cl.Cl.Clc1ccccc1[C@H](C1CCCC1)N1CCNCC1. The maximum atomic E-state index is 6.47. The zero-order valence-electron chi connectivity index (χ0n) is 12.3. The molecule has 0 radical (unpaired) electrons. The number of benzene rings is 1. The highest BCUT2D eigenvalue weighted by molar-refractivity contribution is 6.31. The van der Waals surface area contributed by atoms with Gasteiger partial charge in [-0.15, -0.1) is 24.8 Å². The van der Waals surface area contributed by atoms with Crippen molar-refractivity contribution in [2.45, 2.75) is 31.7 Å². The van der Waals surface area contributed by atoms with Crippen molar-refractivity contribution in [1.29, 1.82) is 0 Å². The van der Waals surface area contributed by atoms with Crippen LogP contribution < -0.4 is 5.32 Å². The molecule has 3 rings (SSSR count). The number of rotatable bonds is 3. The van der Waals surface area contributed by atoms with Crippen LogP contribution in [-0.4, -0.2) is 31.1 Å². The molecule has 1 aliphatic carbocycles. The van der Waals surface area contributed by atoms with Gasteiger partial charge in [-0.2, -0.15) is 0 Å². The van der Waals surface area contributed by atoms with Crippen LogP contribution in [0.15, 0.2) is 24.3 Å². The van der Waals surface area contributed by atoms with Crippen LogP contribution in [0.5, 0.6) is 0 Å². The second-order valence-corrected chi connectivity index (χ2v) is 6.20. The van der Waals surface area contributed by atoms with Crippen molar-refractivity contribution in [3.05, 3.63) is 34.9 Å². The molecule has 1 aromatic rings. The van der Waals surface area contributed by atoms with Gasteiger partial charge in [-0.1, -0.05) is 42.6 Å². The standard InChI is InChI=1S/C16H23ClN2.2ClH/c17-15-8-4-3-7-14(15)16(13-5-1-2-6-13)19-11-9-18-10-12-19;;/h3-4,7-8,13,16,18H,1-2,5-6,9-12H2;2*1H/t16-;;/m0../s1. The summed E-state index contributed by atoms with van der Waals surface area (Å²) >= 11 is 6.47. The molecular formula is C16H25Cl3N2. The van der Waals surface area contributed by atoms with Gasteiger partial charge >= 0.3 is 0 Å². The molecule has 2 aliphatic rings. The second kappa shape index (κ2) is 9.22. The van der Waals surface area contributed by atoms with Crippen LogP contribution in [0.4, 0.5) is 0 Å². The predicted molar refractivity (Wildman–Crippen MR) is 95.1 cm³/mol. The Hall–Kier alpha value is 0.01000. The van der Waals surface area contributed by atoms with Crippen LogP contribution in [0.1, 0.15) is 37.3 Å². The highest BCUT2D eigenvalue weighted by Crippen LogP contribution is 2.41. The summed E-state index contributed by atoms with van der Waals surface area (Å²) in [6, 6.07) is 8.97. The fraction of sp³-hybridized carbons (Fsp3) is 0.625. The molecule has 1 aliphatic heterocycles. The summed E-state index contributed by atoms with van der Waals surface area (Å²) in [4.78, 5) is 2.65. The molecule has 0 bridgehead atoms. The molecule has 5 heteroatoms. The Morgan fingerprint density at radius 3 is 2.29 bits per heavy atom. The summed E-state index contributed by atoms with van der Waals surface area (Å²) in [5.41, 5.74) is 1.35. The molecule has 0 spiro atoms. The average Bonchev–Trinajstić information content (AvgIpc) is 2.96. The third-order valence-corrected chi connectivity index (χ3v) is 4.96. The summed E-state index contributed by atoms with van der Waals surface area (Å²) in [6.45, 7) is 4.50. The maximum absolute atomic E-state index is 6.47. The van der Waals surface area contributed by atoms with Crippen molar-refractivity contribution in [3.63, 3.8) is 0 Å². The average molecular weight is 352 g/mol. The predicted octanol–water partition coefficient (Wildman–Crippen LogP) is 4.32. The molecule has 1 aromatic carbocycles. The van der Waals surface area contributed by atoms with Crippen LogP contribution in [0.25, 0.3) is 0 Å². The molecule has 0 amide bonds. The Kier molecular flexibility index (Phi) is 8.36. The number of halogens is 3. The normalized spacial score (nSPS) is 21.4. The third-order valence-electron chi connectivity index (χ3n) is 4.62. The van der Waals surface area contributed by atoms with E-state index in [-0.39, 0.29) is 24.8 Å². The van der Waals surface area contributed by atoms with E-state index in [0.29, 0.717) is 6.04 Å². The largest absolute Gasteiger partial charge is 0.314 e. The number of hydrogen-bond donors (Lipinski definition) is 1. The summed E-state index contributed by atoms with van der Waals surface area (Å²) in [6.07, 6.45) is 5.50. The lowest BCUT2D eigenvalue weighted by Crippen LogP contribution is -2.46. The first-order valence-corrected chi connectivity index (χ1v) is 7.93. The van der Waals surface area contributed by atoms with Gasteiger partial charge in [0.15, 0.2) is 0 Å². The van der Waals surface area contributed by atoms with Crippen molar-refractivity contribution in [1.82, 2.24) is 10.2 Å². The first-order chi connectivity index (χ1) is 9.36. The van der Waals surface area contributed by atoms with Gasteiger partial charge < -0.3 is 5.32 Å². The summed E-state index contributed by atoms with van der Waals surface area (Å²) < 4.78 is 0. The Labute approximate surface area is 145 Å². The van der Waals surface area contributed by atoms with Crippen LogP contribution in [0.2, 0.25) is 5.02 Å². The van der Waals surface area contributed by atoms with Crippen molar-refractivity contribution in [2.24, 2.45) is 5.92 Å². The Morgan fingerprint density at radius 1 is 1.05 bits per heavy atom. The lowest BCUT2D eigenvalue weighted by Gasteiger charge is -2.39. The smallest absolute Gasteiger partial charge is 0.0453 e. The quantitative estimate of drug-likeness (QED) is 0.872. The second-order valence-electron chi connectivity index (χ2n) is 5.80. The van der Waals surface area contributed by atoms with E-state index in [1.165, 1.54) is 31.2 Å². The molecule has 0 unspecified atom stereocenters. The summed E-state index contributed by atoms with van der Waals surface area (Å²) in [7, 11) is 0. The van der Waals surface area contributed by atoms with E-state index in [0.717, 1.165) is 37.1 Å². The number of piperazine rings is 1. The molecule has 1 saturated heterocycles. The van der Waals surface area contributed by atoms with Crippen molar-refractivity contribution in [2.75, 3.05) is 26.2 Å². The summed E-state index contributed by atoms with van der Waals surface area (Å²) in [5.74, 6) is 0.790. The van der Waals surface area contributed by atoms with E-state index < -0.39 is 0 Å². The zero-order chi connectivity index (χ0) is 13.1. The van der Waals surface area contributed by atoms with Gasteiger partial charge in [-0.25, -0.2) is 0 Å². The van der Waals surface area contributed by atoms with Crippen molar-refractivity contribution < 1.29 is 0 Å². The molecule has 0 aromatic heterocycles. The summed E-state index contributed by atoms with van der Waals surface area (Å²) in [5, 5.41) is 4.39. The minimum Gasteiger partial charge on any atom is -0.314 e. The zero-order valence-corrected chi connectivity index (χ0v) is 14.7. The first kappa shape index (κ1) is 19.1. The van der Waals surface area contributed by atoms with Crippen LogP contribution in [0, 0.1) is 5.92 Å². The van der Waals surface area contributed by atoms with Crippen LogP contribution in [0.3, 0.4) is 0 Å². The van der Waals surface area contributed by atoms with E-state index in [1.807, 2.05) is 12.1 Å². The third kappa shape index (κ3) is 4.49. The first-order valence-electron chi connectivity index (χ1n) is 7.55. The lowest BCUT2D eigenvalue weighted by molar-refractivity contribution is 0.125. The van der Waals surface area contributed by atoms with E-state index in [1.54, 1.807) is 0 Å².